The number of pyridine rings is 1. The predicted molar refractivity (Wildman–Crippen MR) is 132 cm³/mol. The Morgan fingerprint density at radius 2 is 1.81 bits per heavy atom. The minimum absolute atomic E-state index is 0.0370. The monoisotopic (exact) mass is 442 g/mol. The van der Waals surface area contributed by atoms with Crippen LogP contribution in [0.25, 0.3) is 16.5 Å². The summed E-state index contributed by atoms with van der Waals surface area (Å²) in [5.41, 5.74) is 5.62. The van der Waals surface area contributed by atoms with Gasteiger partial charge in [-0.05, 0) is 61.3 Å². The van der Waals surface area contributed by atoms with Crippen molar-refractivity contribution in [1.82, 2.24) is 19.8 Å². The van der Waals surface area contributed by atoms with Crippen LogP contribution in [0.2, 0.25) is 0 Å². The average Bonchev–Trinajstić information content (AvgIpc) is 3.29. The molecule has 1 saturated heterocycles. The number of rotatable bonds is 5. The minimum Gasteiger partial charge on any atom is -0.395 e. The molecule has 1 aliphatic rings. The van der Waals surface area contributed by atoms with Crippen molar-refractivity contribution in [2.75, 3.05) is 13.2 Å². The molecule has 2 aromatic heterocycles. The lowest BCUT2D eigenvalue weighted by molar-refractivity contribution is 0.223. The van der Waals surface area contributed by atoms with E-state index in [-0.39, 0.29) is 18.7 Å². The van der Waals surface area contributed by atoms with E-state index in [1.54, 1.807) is 0 Å². The lowest BCUT2D eigenvalue weighted by Gasteiger charge is -2.27. The van der Waals surface area contributed by atoms with Crippen LogP contribution in [-0.4, -0.2) is 37.8 Å². The molecule has 0 aliphatic carbocycles. The Kier molecular flexibility index (Phi) is 5.41. The summed E-state index contributed by atoms with van der Waals surface area (Å²) < 4.78 is 2.33. The highest BCUT2D eigenvalue weighted by molar-refractivity contribution is 7.80. The molecule has 0 radical (unpaired) electrons. The molecule has 6 heteroatoms. The van der Waals surface area contributed by atoms with Crippen LogP contribution in [0.15, 0.2) is 72.9 Å². The second-order valence-electron chi connectivity index (χ2n) is 8.20. The molecular weight excluding hydrogens is 416 g/mol. The zero-order chi connectivity index (χ0) is 22.2. The third-order valence-electron chi connectivity index (χ3n) is 6.34. The summed E-state index contributed by atoms with van der Waals surface area (Å²) in [5.74, 6) is 0. The van der Waals surface area contributed by atoms with Crippen LogP contribution in [0.3, 0.4) is 0 Å². The Morgan fingerprint density at radius 3 is 2.59 bits per heavy atom. The van der Waals surface area contributed by atoms with Crippen molar-refractivity contribution in [3.05, 3.63) is 95.6 Å². The summed E-state index contributed by atoms with van der Waals surface area (Å²) in [6, 6.07) is 23.0. The Balaban J connectivity index is 1.67. The molecule has 5 nitrogen and oxygen atoms in total. The first-order valence-electron chi connectivity index (χ1n) is 10.9. The van der Waals surface area contributed by atoms with Gasteiger partial charge in [0.1, 0.15) is 0 Å². The first kappa shape index (κ1) is 20.7. The molecule has 2 aromatic carbocycles. The van der Waals surface area contributed by atoms with E-state index < -0.39 is 0 Å². The zero-order valence-electron chi connectivity index (χ0n) is 18.2. The molecule has 0 spiro atoms. The van der Waals surface area contributed by atoms with Gasteiger partial charge < -0.3 is 19.9 Å². The molecule has 3 heterocycles. The van der Waals surface area contributed by atoms with E-state index in [4.69, 9.17) is 12.2 Å². The molecule has 1 fully saturated rings. The van der Waals surface area contributed by atoms with Crippen molar-refractivity contribution in [2.45, 2.75) is 25.9 Å². The summed E-state index contributed by atoms with van der Waals surface area (Å²) in [6.45, 7) is 4.82. The lowest BCUT2D eigenvalue weighted by Crippen LogP contribution is -2.32. The maximum Gasteiger partial charge on any atom is 0.170 e. The second kappa shape index (κ2) is 8.37. The molecule has 32 heavy (non-hydrogen) atoms. The summed E-state index contributed by atoms with van der Waals surface area (Å²) in [5, 5.41) is 16.3. The second-order valence-corrected chi connectivity index (χ2v) is 8.59. The predicted octanol–water partition coefficient (Wildman–Crippen LogP) is 4.61. The normalized spacial score (nSPS) is 18.3. The van der Waals surface area contributed by atoms with Crippen LogP contribution in [0.4, 0.5) is 0 Å². The van der Waals surface area contributed by atoms with Crippen LogP contribution in [0.1, 0.15) is 34.7 Å². The van der Waals surface area contributed by atoms with Crippen molar-refractivity contribution in [3.8, 4) is 5.69 Å². The molecule has 2 unspecified atom stereocenters. The van der Waals surface area contributed by atoms with Gasteiger partial charge in [-0.2, -0.15) is 0 Å². The molecule has 0 bridgehead atoms. The number of β-amino-alcohol motifs (C(OH)–C–C–N with tert-alkyl or cyclic N) is 1. The van der Waals surface area contributed by atoms with Crippen LogP contribution in [0, 0.1) is 13.8 Å². The van der Waals surface area contributed by atoms with Gasteiger partial charge in [0.2, 0.25) is 0 Å². The first-order valence-corrected chi connectivity index (χ1v) is 11.3. The number of aliphatic hydroxyl groups excluding tert-OH is 1. The third kappa shape index (κ3) is 3.36. The fraction of sp³-hybridized carbons (Fsp3) is 0.231. The summed E-state index contributed by atoms with van der Waals surface area (Å²) >= 11 is 5.67. The van der Waals surface area contributed by atoms with E-state index in [2.05, 4.69) is 82.1 Å². The van der Waals surface area contributed by atoms with E-state index in [1.165, 1.54) is 27.7 Å². The highest BCUT2D eigenvalue weighted by Gasteiger charge is 2.41. The Hall–Kier alpha value is -3.22. The lowest BCUT2D eigenvalue weighted by atomic mass is 9.97. The number of benzene rings is 2. The number of hydrogen-bond acceptors (Lipinski definition) is 3. The quantitative estimate of drug-likeness (QED) is 0.442. The van der Waals surface area contributed by atoms with Gasteiger partial charge >= 0.3 is 0 Å². The summed E-state index contributed by atoms with van der Waals surface area (Å²) in [7, 11) is 0. The maximum atomic E-state index is 9.74. The third-order valence-corrected chi connectivity index (χ3v) is 6.69. The van der Waals surface area contributed by atoms with E-state index in [9.17, 15) is 5.11 Å². The van der Waals surface area contributed by atoms with Crippen molar-refractivity contribution < 1.29 is 5.11 Å². The minimum atomic E-state index is -0.0864. The van der Waals surface area contributed by atoms with Crippen molar-refractivity contribution in [2.24, 2.45) is 0 Å². The van der Waals surface area contributed by atoms with Gasteiger partial charge in [-0.15, -0.1) is 0 Å². The molecule has 2 atom stereocenters. The highest BCUT2D eigenvalue weighted by Crippen LogP contribution is 2.41. The van der Waals surface area contributed by atoms with Gasteiger partial charge in [0.05, 0.1) is 30.1 Å². The van der Waals surface area contributed by atoms with E-state index >= 15 is 0 Å². The van der Waals surface area contributed by atoms with Crippen molar-refractivity contribution >= 4 is 28.1 Å². The highest BCUT2D eigenvalue weighted by atomic mass is 32.1. The van der Waals surface area contributed by atoms with Crippen LogP contribution in [0.5, 0.6) is 0 Å². The largest absolute Gasteiger partial charge is 0.395 e. The number of aromatic nitrogens is 2. The molecule has 1 aliphatic heterocycles. The van der Waals surface area contributed by atoms with Crippen LogP contribution in [-0.2, 0) is 0 Å². The molecule has 0 saturated carbocycles. The first-order chi connectivity index (χ1) is 15.6. The SMILES string of the molecule is Cc1cc(C2C(c3ccccn3)NC(=S)N2CCO)c(C)n1-c1cccc2ccccc12. The number of hydrogen-bond donors (Lipinski definition) is 2. The standard InChI is InChI=1S/C26H26N4OS/c1-17-16-21(18(2)30(17)23-12-7-9-19-8-3-4-10-20(19)23)25-24(22-11-5-6-13-27-22)28-26(32)29(25)14-15-31/h3-13,16,24-25,31H,14-15H2,1-2H3,(H,28,32). The fourth-order valence-electron chi connectivity index (χ4n) is 4.95. The number of nitrogens with one attached hydrogen (secondary N) is 1. The molecule has 2 N–H and O–H groups in total. The van der Waals surface area contributed by atoms with E-state index in [0.717, 1.165) is 11.4 Å². The number of aliphatic hydroxyl groups is 1. The number of thiocarbonyl (C=S) groups is 1. The van der Waals surface area contributed by atoms with Crippen LogP contribution < -0.4 is 5.32 Å². The van der Waals surface area contributed by atoms with Gasteiger partial charge in [0.25, 0.3) is 0 Å². The smallest absolute Gasteiger partial charge is 0.170 e. The van der Waals surface area contributed by atoms with Gasteiger partial charge in [-0.1, -0.05) is 42.5 Å². The van der Waals surface area contributed by atoms with Crippen molar-refractivity contribution in [3.63, 3.8) is 0 Å². The van der Waals surface area contributed by atoms with Crippen molar-refractivity contribution in [1.29, 1.82) is 0 Å². The van der Waals surface area contributed by atoms with Crippen LogP contribution >= 0.6 is 12.2 Å². The number of fused-ring (bicyclic) bond motifs is 1. The average molecular weight is 443 g/mol. The molecule has 0 amide bonds. The number of nitrogens with zero attached hydrogens (tertiary/aromatic N) is 3. The Morgan fingerprint density at radius 1 is 1.03 bits per heavy atom. The zero-order valence-corrected chi connectivity index (χ0v) is 19.0. The molecule has 4 aromatic rings. The Bertz CT molecular complexity index is 1280. The van der Waals surface area contributed by atoms with Gasteiger partial charge in [0, 0.05) is 29.5 Å². The maximum absolute atomic E-state index is 9.74. The fourth-order valence-corrected chi connectivity index (χ4v) is 5.29. The topological polar surface area (TPSA) is 53.3 Å². The van der Waals surface area contributed by atoms with Gasteiger partial charge in [0.15, 0.2) is 5.11 Å². The Labute approximate surface area is 193 Å². The summed E-state index contributed by atoms with van der Waals surface area (Å²) in [4.78, 5) is 6.69. The van der Waals surface area contributed by atoms with E-state index in [0.29, 0.717) is 11.7 Å². The molecule has 162 valence electrons. The summed E-state index contributed by atoms with van der Waals surface area (Å²) in [6.07, 6.45) is 1.81. The molecular formula is C26H26N4OS. The van der Waals surface area contributed by atoms with Gasteiger partial charge in [-0.3, -0.25) is 4.98 Å². The van der Waals surface area contributed by atoms with Gasteiger partial charge in [-0.25, -0.2) is 0 Å². The number of aryl methyl sites for hydroxylation is 1. The molecule has 5 rings (SSSR count). The van der Waals surface area contributed by atoms with E-state index in [1.807, 2.05) is 24.4 Å².